The van der Waals surface area contributed by atoms with Crippen LogP contribution in [0.3, 0.4) is 0 Å². The summed E-state index contributed by atoms with van der Waals surface area (Å²) in [7, 11) is 6.92. The standard InChI is InChI=1S/C31H30N4O6/c1-34(2)14-13-27(36)35(3)22-9-7-21(8-10-22)32-29(19-6-12-25-26(18-19)41-16-15-40-25)28-23-11-5-20(31(38)39-4)17-24(23)33-30(28)37/h5-12,15-18,32H,13-14H2,1-4H3,(H,33,37). The molecular weight excluding hydrogens is 524 g/mol. The number of nitrogens with one attached hydrogen (secondary N) is 2. The van der Waals surface area contributed by atoms with Crippen LogP contribution < -0.4 is 25.0 Å². The Bertz CT molecular complexity index is 1580. The van der Waals surface area contributed by atoms with Gasteiger partial charge in [0.15, 0.2) is 11.5 Å². The maximum absolute atomic E-state index is 13.4. The Balaban J connectivity index is 1.52. The summed E-state index contributed by atoms with van der Waals surface area (Å²) in [6.07, 6.45) is 3.29. The highest BCUT2D eigenvalue weighted by Crippen LogP contribution is 2.40. The van der Waals surface area contributed by atoms with Gasteiger partial charge in [-0.05, 0) is 68.7 Å². The van der Waals surface area contributed by atoms with Gasteiger partial charge >= 0.3 is 5.97 Å². The second-order valence-corrected chi connectivity index (χ2v) is 9.80. The molecule has 0 atom stereocenters. The Labute approximate surface area is 237 Å². The first-order valence-electron chi connectivity index (χ1n) is 12.9. The summed E-state index contributed by atoms with van der Waals surface area (Å²) in [5.74, 6) is 0.229. The molecule has 0 saturated carbocycles. The summed E-state index contributed by atoms with van der Waals surface area (Å²) in [6, 6.07) is 17.7. The molecule has 0 radical (unpaired) electrons. The van der Waals surface area contributed by atoms with E-state index < -0.39 is 5.97 Å². The Hall–Kier alpha value is -5.09. The number of esters is 1. The van der Waals surface area contributed by atoms with Crippen molar-refractivity contribution in [1.82, 2.24) is 4.90 Å². The normalized spacial score (nSPS) is 14.3. The average molecular weight is 555 g/mol. The molecule has 2 aliphatic rings. The minimum Gasteiger partial charge on any atom is -0.465 e. The van der Waals surface area contributed by atoms with Crippen molar-refractivity contribution in [3.63, 3.8) is 0 Å². The van der Waals surface area contributed by atoms with E-state index in [2.05, 4.69) is 10.6 Å². The number of ether oxygens (including phenoxy) is 3. The van der Waals surface area contributed by atoms with Gasteiger partial charge in [0.2, 0.25) is 5.91 Å². The summed E-state index contributed by atoms with van der Waals surface area (Å²) >= 11 is 0. The Morgan fingerprint density at radius 2 is 1.61 bits per heavy atom. The van der Waals surface area contributed by atoms with Crippen molar-refractivity contribution in [3.05, 3.63) is 89.9 Å². The highest BCUT2D eigenvalue weighted by Gasteiger charge is 2.30. The first-order valence-corrected chi connectivity index (χ1v) is 12.9. The molecule has 2 N–H and O–H groups in total. The highest BCUT2D eigenvalue weighted by atomic mass is 16.5. The van der Waals surface area contributed by atoms with E-state index in [9.17, 15) is 14.4 Å². The minimum atomic E-state index is -0.497. The molecule has 3 aromatic carbocycles. The van der Waals surface area contributed by atoms with E-state index in [4.69, 9.17) is 14.2 Å². The van der Waals surface area contributed by atoms with Gasteiger partial charge in [0.05, 0.1) is 29.6 Å². The van der Waals surface area contributed by atoms with Crippen molar-refractivity contribution < 1.29 is 28.6 Å². The van der Waals surface area contributed by atoms with Gasteiger partial charge in [0.25, 0.3) is 5.91 Å². The number of hydrogen-bond donors (Lipinski definition) is 2. The monoisotopic (exact) mass is 554 g/mol. The third-order valence-electron chi connectivity index (χ3n) is 6.78. The summed E-state index contributed by atoms with van der Waals surface area (Å²) in [5, 5.41) is 6.26. The van der Waals surface area contributed by atoms with Gasteiger partial charge in [-0.15, -0.1) is 0 Å². The number of rotatable bonds is 8. The second-order valence-electron chi connectivity index (χ2n) is 9.80. The van der Waals surface area contributed by atoms with Gasteiger partial charge in [-0.25, -0.2) is 4.79 Å². The SMILES string of the molecule is COC(=O)c1ccc2c(c1)NC(=O)C2=C(Nc1ccc(N(C)C(=O)CCN(C)C)cc1)c1ccc2c(c1)OC=CO2. The minimum absolute atomic E-state index is 0.0121. The zero-order valence-corrected chi connectivity index (χ0v) is 23.2. The molecule has 10 heteroatoms. The molecule has 0 bridgehead atoms. The van der Waals surface area contributed by atoms with Crippen LogP contribution in [0.5, 0.6) is 11.5 Å². The van der Waals surface area contributed by atoms with Crippen molar-refractivity contribution >= 4 is 46.1 Å². The number of methoxy groups -OCH3 is 1. The van der Waals surface area contributed by atoms with E-state index in [1.165, 1.54) is 19.6 Å². The second kappa shape index (κ2) is 11.6. The number of hydrogen-bond acceptors (Lipinski definition) is 8. The number of carbonyl (C=O) groups is 3. The lowest BCUT2D eigenvalue weighted by molar-refractivity contribution is -0.118. The molecule has 5 rings (SSSR count). The molecule has 210 valence electrons. The van der Waals surface area contributed by atoms with Gasteiger partial charge in [0, 0.05) is 42.5 Å². The van der Waals surface area contributed by atoms with Crippen LogP contribution in [0, 0.1) is 0 Å². The highest BCUT2D eigenvalue weighted by molar-refractivity contribution is 6.37. The van der Waals surface area contributed by atoms with Crippen LogP contribution in [0.15, 0.2) is 73.2 Å². The molecule has 0 saturated heterocycles. The predicted octanol–water partition coefficient (Wildman–Crippen LogP) is 4.56. The molecule has 2 amide bonds. The van der Waals surface area contributed by atoms with Crippen LogP contribution in [0.4, 0.5) is 17.1 Å². The van der Waals surface area contributed by atoms with Gasteiger partial charge in [-0.2, -0.15) is 0 Å². The van der Waals surface area contributed by atoms with Crippen LogP contribution >= 0.6 is 0 Å². The third-order valence-corrected chi connectivity index (χ3v) is 6.78. The lowest BCUT2D eigenvalue weighted by atomic mass is 9.98. The quantitative estimate of drug-likeness (QED) is 0.308. The van der Waals surface area contributed by atoms with Crippen LogP contribution in [-0.4, -0.2) is 57.5 Å². The maximum atomic E-state index is 13.4. The van der Waals surface area contributed by atoms with E-state index in [1.54, 1.807) is 42.3 Å². The average Bonchev–Trinajstić information content (AvgIpc) is 3.32. The summed E-state index contributed by atoms with van der Waals surface area (Å²) in [6.45, 7) is 0.662. The number of fused-ring (bicyclic) bond motifs is 2. The molecule has 2 heterocycles. The molecule has 41 heavy (non-hydrogen) atoms. The summed E-state index contributed by atoms with van der Waals surface area (Å²) in [4.78, 5) is 41.6. The molecule has 0 aliphatic carbocycles. The van der Waals surface area contributed by atoms with Crippen molar-refractivity contribution in [3.8, 4) is 11.5 Å². The lowest BCUT2D eigenvalue weighted by Gasteiger charge is -2.20. The number of benzene rings is 3. The smallest absolute Gasteiger partial charge is 0.337 e. The molecule has 0 spiro atoms. The van der Waals surface area contributed by atoms with Gasteiger partial charge in [-0.3, -0.25) is 9.59 Å². The zero-order valence-electron chi connectivity index (χ0n) is 23.2. The molecule has 10 nitrogen and oxygen atoms in total. The van der Waals surface area contributed by atoms with Crippen LogP contribution in [0.25, 0.3) is 11.3 Å². The largest absolute Gasteiger partial charge is 0.465 e. The maximum Gasteiger partial charge on any atom is 0.337 e. The third kappa shape index (κ3) is 5.78. The Morgan fingerprint density at radius 1 is 0.902 bits per heavy atom. The summed E-state index contributed by atoms with van der Waals surface area (Å²) < 4.78 is 16.0. The van der Waals surface area contributed by atoms with Gasteiger partial charge < -0.3 is 34.6 Å². The molecule has 2 aliphatic heterocycles. The molecule has 0 unspecified atom stereocenters. The fraction of sp³-hybridized carbons (Fsp3) is 0.194. The molecule has 0 aromatic heterocycles. The van der Waals surface area contributed by atoms with Crippen LogP contribution in [0.2, 0.25) is 0 Å². The topological polar surface area (TPSA) is 109 Å². The van der Waals surface area contributed by atoms with E-state index in [0.717, 1.165) is 5.69 Å². The number of carbonyl (C=O) groups excluding carboxylic acids is 3. The number of nitrogens with zero attached hydrogens (tertiary/aromatic N) is 2. The van der Waals surface area contributed by atoms with E-state index in [0.29, 0.717) is 63.8 Å². The van der Waals surface area contributed by atoms with Crippen molar-refractivity contribution in [2.45, 2.75) is 6.42 Å². The molecule has 3 aromatic rings. The van der Waals surface area contributed by atoms with E-state index in [-0.39, 0.29) is 11.8 Å². The number of amides is 2. The van der Waals surface area contributed by atoms with Gasteiger partial charge in [-0.1, -0.05) is 6.07 Å². The predicted molar refractivity (Wildman–Crippen MR) is 157 cm³/mol. The van der Waals surface area contributed by atoms with E-state index in [1.807, 2.05) is 49.3 Å². The van der Waals surface area contributed by atoms with Crippen LogP contribution in [-0.2, 0) is 14.3 Å². The van der Waals surface area contributed by atoms with Crippen LogP contribution in [0.1, 0.15) is 27.9 Å². The molecular formula is C31H30N4O6. The van der Waals surface area contributed by atoms with E-state index >= 15 is 0 Å². The Kier molecular flexibility index (Phi) is 7.75. The summed E-state index contributed by atoms with van der Waals surface area (Å²) in [5.41, 5.74) is 4.50. The first kappa shape index (κ1) is 27.5. The van der Waals surface area contributed by atoms with Crippen molar-refractivity contribution in [1.29, 1.82) is 0 Å². The van der Waals surface area contributed by atoms with Gasteiger partial charge in [0.1, 0.15) is 12.5 Å². The zero-order chi connectivity index (χ0) is 29.1. The van der Waals surface area contributed by atoms with Crippen molar-refractivity contribution in [2.75, 3.05) is 50.3 Å². The Morgan fingerprint density at radius 3 is 2.32 bits per heavy atom. The fourth-order valence-electron chi connectivity index (χ4n) is 4.54. The fourth-order valence-corrected chi connectivity index (χ4v) is 4.54. The lowest BCUT2D eigenvalue weighted by Crippen LogP contribution is -2.29. The molecule has 0 fully saturated rings. The number of anilines is 3. The first-order chi connectivity index (χ1) is 19.7. The van der Waals surface area contributed by atoms with Crippen molar-refractivity contribution in [2.24, 2.45) is 0 Å².